The molecule has 1 aromatic heterocycles. The summed E-state index contributed by atoms with van der Waals surface area (Å²) in [5.41, 5.74) is 4.09. The van der Waals surface area contributed by atoms with E-state index in [-0.39, 0.29) is 17.7 Å². The fraction of sp³-hybridized carbons (Fsp3) is 0.621. The summed E-state index contributed by atoms with van der Waals surface area (Å²) in [4.78, 5) is 27.6. The molecule has 0 unspecified atom stereocenters. The minimum Gasteiger partial charge on any atom is -0.361 e. The largest absolute Gasteiger partial charge is 0.361 e. The van der Waals surface area contributed by atoms with Gasteiger partial charge in [0.2, 0.25) is 11.8 Å². The van der Waals surface area contributed by atoms with Gasteiger partial charge in [0.25, 0.3) is 0 Å². The molecule has 194 valence electrons. The lowest BCUT2D eigenvalue weighted by Crippen LogP contribution is -2.30. The number of hydrogen-bond acceptors (Lipinski definition) is 4. The molecule has 6 nitrogen and oxygen atoms in total. The highest BCUT2D eigenvalue weighted by atomic mass is 35.5. The molecule has 2 aliphatic carbocycles. The first-order valence-corrected chi connectivity index (χ1v) is 13.7. The van der Waals surface area contributed by atoms with Crippen LogP contribution >= 0.6 is 11.6 Å². The van der Waals surface area contributed by atoms with Crippen LogP contribution < -0.4 is 5.32 Å². The number of anilines is 1. The van der Waals surface area contributed by atoms with Crippen LogP contribution in [0.15, 0.2) is 22.7 Å². The van der Waals surface area contributed by atoms with Crippen molar-refractivity contribution in [3.05, 3.63) is 45.8 Å². The highest BCUT2D eigenvalue weighted by Crippen LogP contribution is 2.54. The Bertz CT molecular complexity index is 1160. The van der Waals surface area contributed by atoms with Gasteiger partial charge in [0.05, 0.1) is 22.3 Å². The Morgan fingerprint density at radius 3 is 2.50 bits per heavy atom. The number of benzene rings is 1. The molecule has 1 aromatic carbocycles. The van der Waals surface area contributed by atoms with E-state index in [2.05, 4.69) is 31.2 Å². The fourth-order valence-electron chi connectivity index (χ4n) is 6.20. The van der Waals surface area contributed by atoms with Gasteiger partial charge in [-0.3, -0.25) is 9.59 Å². The number of aryl methyl sites for hydroxylation is 1. The Balaban J connectivity index is 1.39. The van der Waals surface area contributed by atoms with E-state index in [1.54, 1.807) is 11.8 Å². The SMILES string of the molecule is CC(=O)N1C[C@H](C(=O)Nc2ccc(C)cc2Cl)[C@@H](c2noc(C3CC(CC(C)(C)C)C3)c2C2CC2)C1. The third kappa shape index (κ3) is 5.20. The minimum absolute atomic E-state index is 0.0237. The monoisotopic (exact) mass is 511 g/mol. The van der Waals surface area contributed by atoms with E-state index >= 15 is 0 Å². The van der Waals surface area contributed by atoms with Crippen molar-refractivity contribution in [2.45, 2.75) is 84.5 Å². The number of nitrogens with one attached hydrogen (secondary N) is 1. The molecule has 2 aromatic rings. The van der Waals surface area contributed by atoms with Gasteiger partial charge in [-0.05, 0) is 74.0 Å². The average molecular weight is 512 g/mol. The first-order valence-electron chi connectivity index (χ1n) is 13.3. The van der Waals surface area contributed by atoms with Crippen LogP contribution in [0.1, 0.15) is 100 Å². The molecule has 0 radical (unpaired) electrons. The van der Waals surface area contributed by atoms with Crippen LogP contribution in [0.3, 0.4) is 0 Å². The summed E-state index contributed by atoms with van der Waals surface area (Å²) in [6.45, 7) is 11.3. The average Bonchev–Trinajstić information content (AvgIpc) is 3.34. The standard InChI is InChI=1S/C29H38ClN3O3/c1-16-6-9-24(23(30)10-16)31-28(35)22-15-33(17(2)34)14-21(22)26-25(19-7-8-19)27(36-32-26)20-11-18(12-20)13-29(3,4)5/h6,9-10,18-22H,7-8,11-15H2,1-5H3,(H,31,35)/t18?,20?,21-,22-/m0/s1. The molecule has 2 atom stereocenters. The second-order valence-electron chi connectivity index (χ2n) is 12.5. The number of aromatic nitrogens is 1. The number of amides is 2. The quantitative estimate of drug-likeness (QED) is 0.471. The maximum Gasteiger partial charge on any atom is 0.230 e. The molecule has 1 N–H and O–H groups in total. The van der Waals surface area contributed by atoms with Crippen LogP contribution in [0.4, 0.5) is 5.69 Å². The molecule has 2 heterocycles. The molecular weight excluding hydrogens is 474 g/mol. The molecule has 0 bridgehead atoms. The highest BCUT2D eigenvalue weighted by Gasteiger charge is 2.47. The van der Waals surface area contributed by atoms with E-state index in [0.717, 1.165) is 48.6 Å². The molecule has 1 saturated heterocycles. The Morgan fingerprint density at radius 2 is 1.89 bits per heavy atom. The van der Waals surface area contributed by atoms with Crippen LogP contribution in [0, 0.1) is 24.2 Å². The summed E-state index contributed by atoms with van der Waals surface area (Å²) >= 11 is 6.39. The number of nitrogens with zero attached hydrogens (tertiary/aromatic N) is 2. The summed E-state index contributed by atoms with van der Waals surface area (Å²) in [6, 6.07) is 5.60. The summed E-state index contributed by atoms with van der Waals surface area (Å²) in [6.07, 6.45) is 5.79. The van der Waals surface area contributed by atoms with Gasteiger partial charge in [-0.2, -0.15) is 0 Å². The Morgan fingerprint density at radius 1 is 1.17 bits per heavy atom. The lowest BCUT2D eigenvalue weighted by Gasteiger charge is -2.38. The van der Waals surface area contributed by atoms with Gasteiger partial charge in [-0.15, -0.1) is 0 Å². The van der Waals surface area contributed by atoms with Crippen LogP contribution in [0.25, 0.3) is 0 Å². The molecule has 3 aliphatic rings. The van der Waals surface area contributed by atoms with Crippen molar-refractivity contribution in [1.82, 2.24) is 10.1 Å². The van der Waals surface area contributed by atoms with Gasteiger partial charge in [-0.25, -0.2) is 0 Å². The number of halogens is 1. The van der Waals surface area contributed by atoms with Crippen molar-refractivity contribution in [3.8, 4) is 0 Å². The van der Waals surface area contributed by atoms with E-state index in [1.165, 1.54) is 12.0 Å². The fourth-order valence-corrected chi connectivity index (χ4v) is 6.48. The van der Waals surface area contributed by atoms with E-state index in [4.69, 9.17) is 16.1 Å². The molecule has 2 amide bonds. The summed E-state index contributed by atoms with van der Waals surface area (Å²) < 4.78 is 6.06. The number of hydrogen-bond donors (Lipinski definition) is 1. The van der Waals surface area contributed by atoms with Gasteiger partial charge < -0.3 is 14.7 Å². The molecule has 5 rings (SSSR count). The summed E-state index contributed by atoms with van der Waals surface area (Å²) in [5.74, 6) is 1.91. The van der Waals surface area contributed by atoms with E-state index in [9.17, 15) is 9.59 Å². The lowest BCUT2D eigenvalue weighted by molar-refractivity contribution is -0.128. The Kier molecular flexibility index (Phi) is 6.69. The number of likely N-dealkylation sites (tertiary alicyclic amines) is 1. The predicted molar refractivity (Wildman–Crippen MR) is 141 cm³/mol. The zero-order valence-electron chi connectivity index (χ0n) is 22.1. The summed E-state index contributed by atoms with van der Waals surface area (Å²) in [5, 5.41) is 8.13. The van der Waals surface area contributed by atoms with Crippen molar-refractivity contribution >= 4 is 29.1 Å². The van der Waals surface area contributed by atoms with Crippen molar-refractivity contribution in [1.29, 1.82) is 0 Å². The van der Waals surface area contributed by atoms with Crippen molar-refractivity contribution in [3.63, 3.8) is 0 Å². The van der Waals surface area contributed by atoms with Crippen LogP contribution in [-0.2, 0) is 9.59 Å². The third-order valence-electron chi connectivity index (χ3n) is 8.11. The van der Waals surface area contributed by atoms with Gasteiger partial charge in [0, 0.05) is 37.4 Å². The van der Waals surface area contributed by atoms with Crippen molar-refractivity contribution < 1.29 is 14.1 Å². The maximum atomic E-state index is 13.5. The first-order chi connectivity index (χ1) is 17.0. The Labute approximate surface area is 219 Å². The van der Waals surface area contributed by atoms with Gasteiger partial charge in [0.15, 0.2) is 0 Å². The van der Waals surface area contributed by atoms with E-state index in [0.29, 0.717) is 41.1 Å². The molecule has 1 aliphatic heterocycles. The predicted octanol–water partition coefficient (Wildman–Crippen LogP) is 6.64. The number of rotatable bonds is 6. The van der Waals surface area contributed by atoms with E-state index < -0.39 is 5.92 Å². The maximum absolute atomic E-state index is 13.5. The zero-order valence-corrected chi connectivity index (χ0v) is 22.8. The highest BCUT2D eigenvalue weighted by molar-refractivity contribution is 6.33. The zero-order chi connectivity index (χ0) is 25.8. The van der Waals surface area contributed by atoms with Crippen LogP contribution in [0.2, 0.25) is 5.02 Å². The second-order valence-corrected chi connectivity index (χ2v) is 12.9. The van der Waals surface area contributed by atoms with Gasteiger partial charge >= 0.3 is 0 Å². The van der Waals surface area contributed by atoms with Crippen molar-refractivity contribution in [2.75, 3.05) is 18.4 Å². The summed E-state index contributed by atoms with van der Waals surface area (Å²) in [7, 11) is 0. The number of carbonyl (C=O) groups excluding carboxylic acids is 2. The molecular formula is C29H38ClN3O3. The third-order valence-corrected chi connectivity index (χ3v) is 8.43. The lowest BCUT2D eigenvalue weighted by atomic mass is 9.66. The van der Waals surface area contributed by atoms with Crippen LogP contribution in [0.5, 0.6) is 0 Å². The van der Waals surface area contributed by atoms with Gasteiger partial charge in [0.1, 0.15) is 5.76 Å². The molecule has 7 heteroatoms. The smallest absolute Gasteiger partial charge is 0.230 e. The minimum atomic E-state index is -0.406. The molecule has 2 saturated carbocycles. The molecule has 3 fully saturated rings. The topological polar surface area (TPSA) is 75.4 Å². The van der Waals surface area contributed by atoms with Crippen molar-refractivity contribution in [2.24, 2.45) is 17.3 Å². The number of carbonyl (C=O) groups is 2. The normalized spacial score (nSPS) is 26.1. The van der Waals surface area contributed by atoms with E-state index in [1.807, 2.05) is 25.1 Å². The first kappa shape index (κ1) is 25.3. The Hall–Kier alpha value is -2.34. The second kappa shape index (κ2) is 9.51. The van der Waals surface area contributed by atoms with Gasteiger partial charge in [-0.1, -0.05) is 43.6 Å². The molecule has 36 heavy (non-hydrogen) atoms. The van der Waals surface area contributed by atoms with Crippen LogP contribution in [-0.4, -0.2) is 35.0 Å². The molecule has 0 spiro atoms.